The molecule has 1 amide bonds. The highest BCUT2D eigenvalue weighted by atomic mass is 16.4. The maximum Gasteiger partial charge on any atom is 0.228 e. The molecule has 0 aliphatic carbocycles. The van der Waals surface area contributed by atoms with Crippen molar-refractivity contribution < 1.29 is 9.21 Å². The van der Waals surface area contributed by atoms with Crippen LogP contribution < -0.4 is 5.32 Å². The summed E-state index contributed by atoms with van der Waals surface area (Å²) in [7, 11) is 1.95. The van der Waals surface area contributed by atoms with Crippen LogP contribution in [0.25, 0.3) is 11.5 Å². The van der Waals surface area contributed by atoms with E-state index in [0.717, 1.165) is 43.1 Å². The van der Waals surface area contributed by atoms with Crippen molar-refractivity contribution in [3.05, 3.63) is 41.8 Å². The topological polar surface area (TPSA) is 58.4 Å². The van der Waals surface area contributed by atoms with E-state index in [9.17, 15) is 4.79 Å². The van der Waals surface area contributed by atoms with Crippen molar-refractivity contribution in [2.24, 2.45) is 5.92 Å². The van der Waals surface area contributed by atoms with Crippen LogP contribution in [0.2, 0.25) is 0 Å². The van der Waals surface area contributed by atoms with Gasteiger partial charge in [0.2, 0.25) is 11.8 Å². The summed E-state index contributed by atoms with van der Waals surface area (Å²) in [5.41, 5.74) is 1.68. The number of hydrogen-bond acceptors (Lipinski definition) is 4. The number of nitrogens with one attached hydrogen (secondary N) is 1. The molecule has 1 atom stereocenters. The Labute approximate surface area is 136 Å². The van der Waals surface area contributed by atoms with Crippen LogP contribution in [0.1, 0.15) is 17.9 Å². The molecular formula is C18H23N3O2. The fraction of sp³-hybridized carbons (Fsp3) is 0.444. The lowest BCUT2D eigenvalue weighted by Crippen LogP contribution is -2.31. The lowest BCUT2D eigenvalue weighted by atomic mass is 10.1. The molecule has 2 aromatic rings. The number of oxazole rings is 1. The highest BCUT2D eigenvalue weighted by Gasteiger charge is 2.26. The van der Waals surface area contributed by atoms with Crippen LogP contribution in [0.3, 0.4) is 0 Å². The number of rotatable bonds is 5. The molecule has 0 saturated carbocycles. The molecule has 5 heteroatoms. The van der Waals surface area contributed by atoms with E-state index in [1.54, 1.807) is 0 Å². The summed E-state index contributed by atoms with van der Waals surface area (Å²) >= 11 is 0. The second kappa shape index (κ2) is 6.96. The van der Waals surface area contributed by atoms with E-state index in [1.807, 2.05) is 49.2 Å². The summed E-state index contributed by atoms with van der Waals surface area (Å²) in [4.78, 5) is 18.9. The van der Waals surface area contributed by atoms with Gasteiger partial charge >= 0.3 is 0 Å². The van der Waals surface area contributed by atoms with Crippen molar-refractivity contribution in [3.63, 3.8) is 0 Å². The third-order valence-corrected chi connectivity index (χ3v) is 4.36. The SMILES string of the molecule is CNCC1CCN(C(=O)Cc2nc(-c3ccccc3)oc2C)C1. The number of likely N-dealkylation sites (tertiary alicyclic amines) is 1. The quantitative estimate of drug-likeness (QED) is 0.920. The number of amides is 1. The maximum atomic E-state index is 12.5. The van der Waals surface area contributed by atoms with E-state index in [4.69, 9.17) is 4.42 Å². The monoisotopic (exact) mass is 313 g/mol. The van der Waals surface area contributed by atoms with Gasteiger partial charge in [-0.25, -0.2) is 4.98 Å². The average Bonchev–Trinajstić information content (AvgIpc) is 3.16. The minimum Gasteiger partial charge on any atom is -0.441 e. The van der Waals surface area contributed by atoms with Gasteiger partial charge in [0.15, 0.2) is 0 Å². The van der Waals surface area contributed by atoms with E-state index in [0.29, 0.717) is 18.2 Å². The Kier molecular flexibility index (Phi) is 4.76. The highest BCUT2D eigenvalue weighted by molar-refractivity contribution is 5.79. The zero-order valence-electron chi connectivity index (χ0n) is 13.7. The van der Waals surface area contributed by atoms with Gasteiger partial charge in [-0.15, -0.1) is 0 Å². The molecule has 1 aromatic heterocycles. The molecule has 1 aliphatic heterocycles. The van der Waals surface area contributed by atoms with Gasteiger partial charge in [0.25, 0.3) is 0 Å². The van der Waals surface area contributed by atoms with Gasteiger partial charge in [0.1, 0.15) is 5.76 Å². The van der Waals surface area contributed by atoms with Gasteiger partial charge in [-0.3, -0.25) is 4.79 Å². The Hall–Kier alpha value is -2.14. The summed E-state index contributed by atoms with van der Waals surface area (Å²) in [6.07, 6.45) is 1.38. The standard InChI is InChI=1S/C18H23N3O2/c1-13-16(20-18(23-13)15-6-4-3-5-7-15)10-17(22)21-9-8-14(12-21)11-19-2/h3-7,14,19H,8-12H2,1-2H3. The zero-order chi connectivity index (χ0) is 16.2. The number of aryl methyl sites for hydroxylation is 1. The fourth-order valence-electron chi connectivity index (χ4n) is 3.07. The molecule has 3 rings (SSSR count). The van der Waals surface area contributed by atoms with Gasteiger partial charge in [0.05, 0.1) is 12.1 Å². The van der Waals surface area contributed by atoms with Crippen molar-refractivity contribution in [1.29, 1.82) is 0 Å². The summed E-state index contributed by atoms with van der Waals surface area (Å²) in [6, 6.07) is 9.77. The zero-order valence-corrected chi connectivity index (χ0v) is 13.7. The molecule has 23 heavy (non-hydrogen) atoms. The first kappa shape index (κ1) is 15.7. The second-order valence-electron chi connectivity index (χ2n) is 6.12. The molecule has 1 unspecified atom stereocenters. The third kappa shape index (κ3) is 3.62. The summed E-state index contributed by atoms with van der Waals surface area (Å²) < 4.78 is 5.73. The molecule has 0 spiro atoms. The van der Waals surface area contributed by atoms with Crippen molar-refractivity contribution >= 4 is 5.91 Å². The third-order valence-electron chi connectivity index (χ3n) is 4.36. The number of carbonyl (C=O) groups is 1. The van der Waals surface area contributed by atoms with Crippen molar-refractivity contribution in [2.75, 3.05) is 26.7 Å². The number of carbonyl (C=O) groups excluding carboxylic acids is 1. The van der Waals surface area contributed by atoms with Crippen molar-refractivity contribution in [3.8, 4) is 11.5 Å². The van der Waals surface area contributed by atoms with E-state index in [2.05, 4.69) is 10.3 Å². The van der Waals surface area contributed by atoms with Crippen LogP contribution in [-0.2, 0) is 11.2 Å². The van der Waals surface area contributed by atoms with Gasteiger partial charge in [-0.1, -0.05) is 18.2 Å². The average molecular weight is 313 g/mol. The number of benzene rings is 1. The minimum absolute atomic E-state index is 0.139. The molecule has 1 aromatic carbocycles. The first-order valence-corrected chi connectivity index (χ1v) is 8.11. The van der Waals surface area contributed by atoms with Gasteiger partial charge in [-0.05, 0) is 45.0 Å². The smallest absolute Gasteiger partial charge is 0.228 e. The Bertz CT molecular complexity index is 666. The molecule has 1 fully saturated rings. The molecule has 0 bridgehead atoms. The predicted molar refractivity (Wildman–Crippen MR) is 89.0 cm³/mol. The van der Waals surface area contributed by atoms with E-state index < -0.39 is 0 Å². The maximum absolute atomic E-state index is 12.5. The van der Waals surface area contributed by atoms with Gasteiger partial charge < -0.3 is 14.6 Å². The van der Waals surface area contributed by atoms with Gasteiger partial charge in [0, 0.05) is 18.7 Å². The van der Waals surface area contributed by atoms with Crippen LogP contribution in [0, 0.1) is 12.8 Å². The van der Waals surface area contributed by atoms with E-state index in [-0.39, 0.29) is 5.91 Å². The van der Waals surface area contributed by atoms with Crippen LogP contribution in [0.4, 0.5) is 0 Å². The largest absolute Gasteiger partial charge is 0.441 e. The minimum atomic E-state index is 0.139. The highest BCUT2D eigenvalue weighted by Crippen LogP contribution is 2.23. The Morgan fingerprint density at radius 2 is 2.17 bits per heavy atom. The van der Waals surface area contributed by atoms with Gasteiger partial charge in [-0.2, -0.15) is 0 Å². The normalized spacial score (nSPS) is 17.7. The Morgan fingerprint density at radius 1 is 1.39 bits per heavy atom. The van der Waals surface area contributed by atoms with E-state index >= 15 is 0 Å². The summed E-state index contributed by atoms with van der Waals surface area (Å²) in [5.74, 6) is 2.01. The molecule has 1 N–H and O–H groups in total. The first-order chi connectivity index (χ1) is 11.2. The first-order valence-electron chi connectivity index (χ1n) is 8.11. The van der Waals surface area contributed by atoms with Crippen LogP contribution in [0.5, 0.6) is 0 Å². The lowest BCUT2D eigenvalue weighted by molar-refractivity contribution is -0.129. The Balaban J connectivity index is 1.67. The van der Waals surface area contributed by atoms with Crippen LogP contribution in [-0.4, -0.2) is 42.5 Å². The predicted octanol–water partition coefficient (Wildman–Crippen LogP) is 2.26. The molecule has 1 saturated heterocycles. The van der Waals surface area contributed by atoms with Crippen molar-refractivity contribution in [1.82, 2.24) is 15.2 Å². The second-order valence-corrected chi connectivity index (χ2v) is 6.12. The lowest BCUT2D eigenvalue weighted by Gasteiger charge is -2.16. The Morgan fingerprint density at radius 3 is 2.91 bits per heavy atom. The summed E-state index contributed by atoms with van der Waals surface area (Å²) in [5, 5.41) is 3.18. The van der Waals surface area contributed by atoms with Crippen LogP contribution in [0.15, 0.2) is 34.7 Å². The van der Waals surface area contributed by atoms with Crippen molar-refractivity contribution in [2.45, 2.75) is 19.8 Å². The molecule has 0 radical (unpaired) electrons. The number of aromatic nitrogens is 1. The molecule has 122 valence electrons. The molecule has 5 nitrogen and oxygen atoms in total. The molecule has 2 heterocycles. The number of hydrogen-bond donors (Lipinski definition) is 1. The molecular weight excluding hydrogens is 290 g/mol. The van der Waals surface area contributed by atoms with Crippen LogP contribution >= 0.6 is 0 Å². The van der Waals surface area contributed by atoms with E-state index in [1.165, 1.54) is 0 Å². The summed E-state index contributed by atoms with van der Waals surface area (Å²) in [6.45, 7) is 4.51. The molecule has 1 aliphatic rings. The number of nitrogens with zero attached hydrogens (tertiary/aromatic N) is 2. The fourth-order valence-corrected chi connectivity index (χ4v) is 3.07.